The van der Waals surface area contributed by atoms with Gasteiger partial charge in [-0.15, -0.1) is 0 Å². The van der Waals surface area contributed by atoms with Crippen molar-refractivity contribution in [2.45, 2.75) is 201 Å². The summed E-state index contributed by atoms with van der Waals surface area (Å²) in [5.41, 5.74) is 6.88. The Hall–Kier alpha value is -3.70. The Morgan fingerprint density at radius 2 is 0.577 bits per heavy atom. The molecule has 1 radical (unpaired) electrons. The fourth-order valence-electron chi connectivity index (χ4n) is 12.8. The molecule has 413 valence electrons. The molecule has 0 spiro atoms. The Bertz CT molecular complexity index is 2270. The summed E-state index contributed by atoms with van der Waals surface area (Å²) in [6, 6.07) is -0.833. The van der Waals surface area contributed by atoms with Crippen LogP contribution in [0, 0.1) is 0 Å². The van der Waals surface area contributed by atoms with Crippen molar-refractivity contribution in [2.24, 2.45) is 0 Å². The van der Waals surface area contributed by atoms with Gasteiger partial charge in [0.2, 0.25) is 0 Å². The van der Waals surface area contributed by atoms with Crippen LogP contribution in [-0.2, 0) is 47.6 Å². The molecule has 12 nitrogen and oxygen atoms in total. The summed E-state index contributed by atoms with van der Waals surface area (Å²) in [7, 11) is 0. The largest absolute Gasteiger partial charge is 2.00 e. The van der Waals surface area contributed by atoms with E-state index < -0.39 is 24.4 Å². The standard InChI is InChI=1S/2C32H42N2O4.Sc.Ti/c2*35-27-17-7-1-11-21(27)31(22-12-2-8-18-28(22)36)33-25-15-5-6-16-26(25)34-32(23-13-3-9-19-29(23)37)24-14-4-10-20-30(24)38;;/h2*1-4,7,9,11-14,25-27,29,31-38H,5-6,8,10,15-20H2;;/q;;;+2/p+1/t2*25-,26-,27-,29-,31?,32?;;/m11../s1. The summed E-state index contributed by atoms with van der Waals surface area (Å²) in [5, 5.41) is 102. The first-order valence-electron chi connectivity index (χ1n) is 28.6. The number of nitrogens with one attached hydrogen (secondary N) is 4. The predicted octanol–water partition coefficient (Wildman–Crippen LogP) is 10.2. The van der Waals surface area contributed by atoms with Crippen LogP contribution in [0.25, 0.3) is 0 Å². The molecule has 0 saturated heterocycles. The zero-order chi connectivity index (χ0) is 53.0. The van der Waals surface area contributed by atoms with Crippen molar-refractivity contribution >= 4 is 0 Å². The summed E-state index contributed by atoms with van der Waals surface area (Å²) in [6.07, 6.45) is 53.9. The number of hydrogen-bond donors (Lipinski definition) is 12. The first kappa shape index (κ1) is 61.9. The second kappa shape index (κ2) is 30.4. The van der Waals surface area contributed by atoms with E-state index in [0.29, 0.717) is 74.4 Å². The van der Waals surface area contributed by atoms with Gasteiger partial charge in [0, 0.05) is 98.0 Å². The Kier molecular flexibility index (Phi) is 24.1. The van der Waals surface area contributed by atoms with Gasteiger partial charge in [0.05, 0.1) is 71.6 Å². The smallest absolute Gasteiger partial charge is 0.512 e. The Balaban J connectivity index is 0.000000246. The van der Waals surface area contributed by atoms with Crippen LogP contribution >= 0.6 is 0 Å². The van der Waals surface area contributed by atoms with E-state index in [4.69, 9.17) is 0 Å². The van der Waals surface area contributed by atoms with E-state index in [1.807, 2.05) is 97.2 Å². The van der Waals surface area contributed by atoms with Crippen molar-refractivity contribution < 1.29 is 89.8 Å². The van der Waals surface area contributed by atoms with Crippen LogP contribution in [0.5, 0.6) is 0 Å². The van der Waals surface area contributed by atoms with Crippen molar-refractivity contribution in [3.05, 3.63) is 189 Å². The van der Waals surface area contributed by atoms with Crippen molar-refractivity contribution in [1.29, 1.82) is 0 Å². The maximum atomic E-state index is 10.9. The van der Waals surface area contributed by atoms with Crippen molar-refractivity contribution in [1.82, 2.24) is 21.3 Å². The van der Waals surface area contributed by atoms with E-state index in [1.54, 1.807) is 0 Å². The molecule has 14 heteroatoms. The quantitative estimate of drug-likeness (QED) is 0.0652. The molecule has 0 bridgehead atoms. The van der Waals surface area contributed by atoms with Crippen LogP contribution in [0.3, 0.4) is 0 Å². The summed E-state index contributed by atoms with van der Waals surface area (Å²) < 4.78 is 0. The van der Waals surface area contributed by atoms with Gasteiger partial charge in [-0.05, 0) is 99.3 Å². The first-order chi connectivity index (χ1) is 37.0. The SMILES string of the molecule is OC1=C(C(N[C@@H]2CCCC[C@H]2NC(C2=CC=CC[C@H]2O)C2=C(O)CCC=C2)C2=CC=CC[C@H]2O)C=CCC1.OC1=C(C(N[C@@H]2CCCC[C@H]2NC(C2=CC=CC[C@H]2O)C2=C(O)CCC=C2)C2=CC=CC[C@H]2O)C=CCC1.[H+].[Sc].[Ti+2]. The summed E-state index contributed by atoms with van der Waals surface area (Å²) in [5.74, 6) is 1.54. The predicted molar refractivity (Wildman–Crippen MR) is 304 cm³/mol. The van der Waals surface area contributed by atoms with Gasteiger partial charge < -0.3 is 62.1 Å². The molecule has 0 aliphatic heterocycles. The number of aliphatic hydroxyl groups is 8. The molecule has 4 unspecified atom stereocenters. The zero-order valence-corrected chi connectivity index (χ0v) is 48.6. The van der Waals surface area contributed by atoms with E-state index in [-0.39, 0.29) is 97.3 Å². The minimum atomic E-state index is -0.598. The molecular weight excluding hydrogens is 1050 g/mol. The Morgan fingerprint density at radius 1 is 0.359 bits per heavy atom. The molecule has 0 aromatic carbocycles. The monoisotopic (exact) mass is 1130 g/mol. The van der Waals surface area contributed by atoms with E-state index in [1.165, 1.54) is 0 Å². The average Bonchev–Trinajstić information content (AvgIpc) is 3.44. The summed E-state index contributed by atoms with van der Waals surface area (Å²) in [4.78, 5) is 0. The topological polar surface area (TPSA) is 210 Å². The van der Waals surface area contributed by atoms with E-state index >= 15 is 0 Å². The molecule has 12 N–H and O–H groups in total. The van der Waals surface area contributed by atoms with E-state index in [2.05, 4.69) is 45.6 Å². The first-order valence-corrected chi connectivity index (χ1v) is 28.6. The van der Waals surface area contributed by atoms with Gasteiger partial charge in [0.15, 0.2) is 0 Å². The van der Waals surface area contributed by atoms with Crippen LogP contribution in [-0.4, -0.2) is 114 Å². The maximum absolute atomic E-state index is 10.9. The molecule has 10 aliphatic carbocycles. The minimum absolute atomic E-state index is 0. The number of allylic oxidation sites excluding steroid dienone is 16. The second-order valence-electron chi connectivity index (χ2n) is 22.2. The molecule has 10 rings (SSSR count). The van der Waals surface area contributed by atoms with E-state index in [9.17, 15) is 40.9 Å². The Morgan fingerprint density at radius 3 is 0.769 bits per heavy atom. The molecule has 78 heavy (non-hydrogen) atoms. The van der Waals surface area contributed by atoms with Gasteiger partial charge in [0.25, 0.3) is 0 Å². The maximum Gasteiger partial charge on any atom is 2.00 e. The van der Waals surface area contributed by atoms with Crippen molar-refractivity contribution in [3.63, 3.8) is 0 Å². The van der Waals surface area contributed by atoms with E-state index in [0.717, 1.165) is 122 Å². The zero-order valence-electron chi connectivity index (χ0n) is 46.3. The molecular formula is C64H85N4O8ScTi+3. The van der Waals surface area contributed by atoms with Crippen LogP contribution in [0.1, 0.15) is 130 Å². The molecule has 0 amide bonds. The molecule has 0 aromatic rings. The molecule has 2 saturated carbocycles. The Labute approximate surface area is 498 Å². The molecule has 12 atom stereocenters. The van der Waals surface area contributed by atoms with Gasteiger partial charge >= 0.3 is 23.1 Å². The fraction of sp³-hybridized carbons (Fsp3) is 0.500. The van der Waals surface area contributed by atoms with Gasteiger partial charge in [-0.3, -0.25) is 0 Å². The third kappa shape index (κ3) is 15.4. The molecule has 10 aliphatic rings. The second-order valence-corrected chi connectivity index (χ2v) is 22.2. The molecule has 0 heterocycles. The number of aliphatic hydroxyl groups excluding tert-OH is 8. The molecule has 0 aromatic heterocycles. The minimum Gasteiger partial charge on any atom is -0.512 e. The fourth-order valence-corrected chi connectivity index (χ4v) is 12.8. The summed E-state index contributed by atoms with van der Waals surface area (Å²) in [6.45, 7) is 0. The van der Waals surface area contributed by atoms with Crippen molar-refractivity contribution in [3.8, 4) is 0 Å². The van der Waals surface area contributed by atoms with Gasteiger partial charge in [-0.1, -0.05) is 147 Å². The van der Waals surface area contributed by atoms with Crippen LogP contribution in [0.15, 0.2) is 189 Å². The van der Waals surface area contributed by atoms with Crippen molar-refractivity contribution in [2.75, 3.05) is 0 Å². The normalized spacial score (nSPS) is 30.5. The third-order valence-electron chi connectivity index (χ3n) is 17.0. The number of rotatable bonds is 16. The van der Waals surface area contributed by atoms with Crippen LogP contribution in [0.4, 0.5) is 0 Å². The van der Waals surface area contributed by atoms with Gasteiger partial charge in [0.1, 0.15) is 0 Å². The third-order valence-corrected chi connectivity index (χ3v) is 17.0. The molecule has 2 fully saturated rings. The van der Waals surface area contributed by atoms with Gasteiger partial charge in [-0.25, -0.2) is 0 Å². The average molecular weight is 1130 g/mol. The van der Waals surface area contributed by atoms with Gasteiger partial charge in [-0.2, -0.15) is 0 Å². The van der Waals surface area contributed by atoms with Crippen LogP contribution in [0.2, 0.25) is 0 Å². The number of hydrogen-bond acceptors (Lipinski definition) is 12. The summed E-state index contributed by atoms with van der Waals surface area (Å²) >= 11 is 0. The van der Waals surface area contributed by atoms with Crippen LogP contribution < -0.4 is 21.3 Å².